The van der Waals surface area contributed by atoms with Crippen LogP contribution >= 0.6 is 11.6 Å². The second-order valence-corrected chi connectivity index (χ2v) is 7.11. The summed E-state index contributed by atoms with van der Waals surface area (Å²) in [5, 5.41) is 6.21. The van der Waals surface area contributed by atoms with Crippen LogP contribution in [0.2, 0.25) is 0 Å². The van der Waals surface area contributed by atoms with Crippen LogP contribution in [0.4, 0.5) is 11.5 Å². The Hall–Kier alpha value is -2.78. The van der Waals surface area contributed by atoms with E-state index in [2.05, 4.69) is 41.5 Å². The molecule has 4 rings (SSSR count). The van der Waals surface area contributed by atoms with E-state index >= 15 is 0 Å². The van der Waals surface area contributed by atoms with Gasteiger partial charge in [-0.15, -0.1) is 0 Å². The molecule has 3 aromatic rings. The molecule has 0 bridgehead atoms. The molecule has 0 atom stereocenters. The molecule has 136 valence electrons. The highest BCUT2D eigenvalue weighted by Crippen LogP contribution is 2.24. The Morgan fingerprint density at radius 1 is 1.07 bits per heavy atom. The van der Waals surface area contributed by atoms with Crippen molar-refractivity contribution in [1.29, 1.82) is 0 Å². The zero-order valence-electron chi connectivity index (χ0n) is 15.2. The Morgan fingerprint density at radius 2 is 1.93 bits per heavy atom. The van der Waals surface area contributed by atoms with E-state index in [0.29, 0.717) is 6.61 Å². The van der Waals surface area contributed by atoms with Crippen LogP contribution in [0.3, 0.4) is 0 Å². The third kappa shape index (κ3) is 4.15. The second-order valence-electron chi connectivity index (χ2n) is 6.66. The molecule has 0 saturated heterocycles. The van der Waals surface area contributed by atoms with Gasteiger partial charge in [-0.05, 0) is 66.4 Å². The summed E-state index contributed by atoms with van der Waals surface area (Å²) in [6.45, 7) is 2.62. The van der Waals surface area contributed by atoms with Crippen molar-refractivity contribution in [3.8, 4) is 5.75 Å². The molecule has 1 aromatic heterocycles. The summed E-state index contributed by atoms with van der Waals surface area (Å²) in [6.07, 6.45) is 4.02. The van der Waals surface area contributed by atoms with Crippen molar-refractivity contribution in [2.45, 2.75) is 26.4 Å². The van der Waals surface area contributed by atoms with Crippen molar-refractivity contribution >= 4 is 34.2 Å². The largest absolute Gasteiger partial charge is 0.489 e. The number of aromatic nitrogens is 1. The van der Waals surface area contributed by atoms with E-state index in [1.807, 2.05) is 42.5 Å². The van der Waals surface area contributed by atoms with Crippen molar-refractivity contribution in [3.05, 3.63) is 82.4 Å². The van der Waals surface area contributed by atoms with Crippen LogP contribution in [-0.2, 0) is 6.61 Å². The zero-order valence-corrected chi connectivity index (χ0v) is 16.0. The Morgan fingerprint density at radius 3 is 2.74 bits per heavy atom. The van der Waals surface area contributed by atoms with Gasteiger partial charge in [-0.1, -0.05) is 48.0 Å². The molecule has 1 aliphatic carbocycles. The molecule has 4 heteroatoms. The zero-order chi connectivity index (χ0) is 18.6. The van der Waals surface area contributed by atoms with Gasteiger partial charge in [0, 0.05) is 10.7 Å². The predicted molar refractivity (Wildman–Crippen MR) is 112 cm³/mol. The molecule has 1 heterocycles. The molecule has 0 unspecified atom stereocenters. The van der Waals surface area contributed by atoms with Gasteiger partial charge < -0.3 is 10.1 Å². The molecule has 0 fully saturated rings. The predicted octanol–water partition coefficient (Wildman–Crippen LogP) is 4.63. The van der Waals surface area contributed by atoms with Gasteiger partial charge in [-0.2, -0.15) is 0 Å². The fourth-order valence-corrected chi connectivity index (χ4v) is 3.40. The normalized spacial score (nSPS) is 12.9. The molecule has 0 spiro atoms. The smallest absolute Gasteiger partial charge is 0.131 e. The standard InChI is InChI=1S/C23H21ClN2O/c1-16-14-19(27-15-17-6-3-2-4-7-17)11-12-21(16)25-22-13-10-18-8-5-9-20(24)23(18)26-22/h2-4,6-8,10-14H,5,9,15H2,1H3,(H,25,26). The number of benzene rings is 2. The highest BCUT2D eigenvalue weighted by molar-refractivity contribution is 6.45. The Balaban J connectivity index is 1.50. The maximum absolute atomic E-state index is 6.35. The van der Waals surface area contributed by atoms with Gasteiger partial charge in [0.1, 0.15) is 18.2 Å². The molecule has 1 aliphatic rings. The highest BCUT2D eigenvalue weighted by atomic mass is 35.5. The van der Waals surface area contributed by atoms with Crippen LogP contribution < -0.4 is 20.6 Å². The Bertz CT molecular complexity index is 1080. The van der Waals surface area contributed by atoms with E-state index in [9.17, 15) is 0 Å². The minimum atomic E-state index is 0.560. The maximum atomic E-state index is 6.35. The van der Waals surface area contributed by atoms with Gasteiger partial charge in [0.15, 0.2) is 0 Å². The van der Waals surface area contributed by atoms with Gasteiger partial charge >= 0.3 is 0 Å². The first-order valence-electron chi connectivity index (χ1n) is 9.09. The summed E-state index contributed by atoms with van der Waals surface area (Å²) in [4.78, 5) is 4.69. The fourth-order valence-electron chi connectivity index (χ4n) is 3.14. The van der Waals surface area contributed by atoms with E-state index in [-0.39, 0.29) is 0 Å². The van der Waals surface area contributed by atoms with Gasteiger partial charge in [-0.25, -0.2) is 4.98 Å². The number of anilines is 2. The highest BCUT2D eigenvalue weighted by Gasteiger charge is 2.06. The van der Waals surface area contributed by atoms with Crippen LogP contribution in [0.1, 0.15) is 24.0 Å². The van der Waals surface area contributed by atoms with E-state index < -0.39 is 0 Å². The molecule has 3 nitrogen and oxygen atoms in total. The molecule has 0 saturated carbocycles. The number of ether oxygens (including phenoxy) is 1. The van der Waals surface area contributed by atoms with E-state index in [0.717, 1.165) is 56.8 Å². The number of hydrogen-bond donors (Lipinski definition) is 1. The van der Waals surface area contributed by atoms with Crippen molar-refractivity contribution in [2.24, 2.45) is 0 Å². The molecule has 0 aliphatic heterocycles. The number of aryl methyl sites for hydroxylation is 1. The van der Waals surface area contributed by atoms with Crippen LogP contribution in [0.15, 0.2) is 60.7 Å². The number of nitrogens with zero attached hydrogens (tertiary/aromatic N) is 1. The molecule has 2 aromatic carbocycles. The van der Waals surface area contributed by atoms with Crippen molar-refractivity contribution < 1.29 is 4.74 Å². The average Bonchev–Trinajstić information content (AvgIpc) is 2.70. The third-order valence-corrected chi connectivity index (χ3v) is 4.99. The average molecular weight is 377 g/mol. The Kier molecular flexibility index (Phi) is 5.12. The fraction of sp³-hybridized carbons (Fsp3) is 0.174. The number of halogens is 1. The Labute approximate surface area is 164 Å². The van der Waals surface area contributed by atoms with Crippen LogP contribution in [0, 0.1) is 6.92 Å². The lowest BCUT2D eigenvalue weighted by atomic mass is 10.1. The number of nitrogens with one attached hydrogen (secondary N) is 1. The first kappa shape index (κ1) is 17.6. The third-order valence-electron chi connectivity index (χ3n) is 4.62. The van der Waals surface area contributed by atoms with E-state index in [1.165, 1.54) is 0 Å². The molecule has 1 N–H and O–H groups in total. The monoisotopic (exact) mass is 376 g/mol. The summed E-state index contributed by atoms with van der Waals surface area (Å²) in [6, 6.07) is 20.3. The van der Waals surface area contributed by atoms with Gasteiger partial charge in [0.2, 0.25) is 0 Å². The van der Waals surface area contributed by atoms with E-state index in [1.54, 1.807) is 0 Å². The minimum Gasteiger partial charge on any atom is -0.489 e. The van der Waals surface area contributed by atoms with Crippen LogP contribution in [0.5, 0.6) is 5.75 Å². The van der Waals surface area contributed by atoms with Crippen molar-refractivity contribution in [3.63, 3.8) is 0 Å². The summed E-state index contributed by atoms with van der Waals surface area (Å²) in [7, 11) is 0. The summed E-state index contributed by atoms with van der Waals surface area (Å²) >= 11 is 6.35. The van der Waals surface area contributed by atoms with Crippen molar-refractivity contribution in [1.82, 2.24) is 4.98 Å². The lowest BCUT2D eigenvalue weighted by Crippen LogP contribution is -2.32. The molecular formula is C23H21ClN2O. The van der Waals surface area contributed by atoms with Gasteiger partial charge in [-0.3, -0.25) is 0 Å². The van der Waals surface area contributed by atoms with Crippen LogP contribution in [0.25, 0.3) is 11.1 Å². The first-order valence-corrected chi connectivity index (χ1v) is 9.47. The van der Waals surface area contributed by atoms with E-state index in [4.69, 9.17) is 16.3 Å². The van der Waals surface area contributed by atoms with Crippen LogP contribution in [-0.4, -0.2) is 4.98 Å². The second kappa shape index (κ2) is 7.85. The molecule has 0 radical (unpaired) electrons. The van der Waals surface area contributed by atoms with Gasteiger partial charge in [0.05, 0.1) is 5.35 Å². The summed E-state index contributed by atoms with van der Waals surface area (Å²) < 4.78 is 5.90. The SMILES string of the molecule is Cc1cc(OCc2ccccc2)ccc1Nc1ccc2c(n1)=C(Cl)CCC=2. The number of hydrogen-bond acceptors (Lipinski definition) is 3. The molecule has 27 heavy (non-hydrogen) atoms. The molecular weight excluding hydrogens is 356 g/mol. The summed E-state index contributed by atoms with van der Waals surface area (Å²) in [5.41, 5.74) is 3.26. The summed E-state index contributed by atoms with van der Waals surface area (Å²) in [5.74, 6) is 1.65. The lowest BCUT2D eigenvalue weighted by Gasteiger charge is -2.13. The lowest BCUT2D eigenvalue weighted by molar-refractivity contribution is 0.306. The quantitative estimate of drug-likeness (QED) is 0.704. The van der Waals surface area contributed by atoms with Gasteiger partial charge in [0.25, 0.3) is 0 Å². The number of pyridine rings is 1. The minimum absolute atomic E-state index is 0.560. The van der Waals surface area contributed by atoms with Crippen molar-refractivity contribution in [2.75, 3.05) is 5.32 Å². The topological polar surface area (TPSA) is 34.1 Å². The number of rotatable bonds is 5. The molecule has 0 amide bonds. The number of fused-ring (bicyclic) bond motifs is 1. The maximum Gasteiger partial charge on any atom is 0.131 e. The first-order chi connectivity index (χ1) is 13.2.